The van der Waals surface area contributed by atoms with E-state index >= 15 is 0 Å². The number of hydrogen-bond acceptors (Lipinski definition) is 10. The minimum atomic E-state index is -0.827. The van der Waals surface area contributed by atoms with E-state index in [0.717, 1.165) is 41.2 Å². The average molecular weight is 621 g/mol. The molecule has 3 heterocycles. The van der Waals surface area contributed by atoms with E-state index < -0.39 is 17.7 Å². The number of carbonyl (C=O) groups is 2. The molecule has 44 heavy (non-hydrogen) atoms. The fourth-order valence-electron chi connectivity index (χ4n) is 3.92. The van der Waals surface area contributed by atoms with Crippen LogP contribution in [0.1, 0.15) is 28.4 Å². The molecule has 0 aliphatic carbocycles. The number of nitrogens with zero attached hydrogens (tertiary/aromatic N) is 4. The zero-order chi connectivity index (χ0) is 31.5. The summed E-state index contributed by atoms with van der Waals surface area (Å²) in [6.07, 6.45) is 5.92. The molecule has 0 saturated carbocycles. The van der Waals surface area contributed by atoms with Crippen molar-refractivity contribution in [3.8, 4) is 22.2 Å². The van der Waals surface area contributed by atoms with Crippen molar-refractivity contribution in [2.24, 2.45) is 0 Å². The lowest BCUT2D eigenvalue weighted by Crippen LogP contribution is -2.30. The Labute approximate surface area is 256 Å². The molecular formula is C30H30F2N8O3S. The van der Waals surface area contributed by atoms with Crippen molar-refractivity contribution < 1.29 is 22.9 Å². The van der Waals surface area contributed by atoms with E-state index in [9.17, 15) is 18.4 Å². The minimum Gasteiger partial charge on any atom is -0.386 e. The average Bonchev–Trinajstić information content (AvgIpc) is 3.69. The van der Waals surface area contributed by atoms with E-state index in [1.54, 1.807) is 19.4 Å². The first-order chi connectivity index (χ1) is 21.3. The Balaban J connectivity index is 0.000000375. The van der Waals surface area contributed by atoms with Crippen molar-refractivity contribution in [2.45, 2.75) is 19.8 Å². The molecule has 0 spiro atoms. The number of benzene rings is 2. The molecule has 0 unspecified atom stereocenters. The summed E-state index contributed by atoms with van der Waals surface area (Å²) in [6, 6.07) is 13.0. The Hall–Kier alpha value is -5.24. The number of aryl methyl sites for hydroxylation is 1. The highest BCUT2D eigenvalue weighted by atomic mass is 32.1. The van der Waals surface area contributed by atoms with Crippen molar-refractivity contribution in [3.63, 3.8) is 0 Å². The molecule has 11 nitrogen and oxygen atoms in total. The highest BCUT2D eigenvalue weighted by Crippen LogP contribution is 2.37. The number of amides is 2. The van der Waals surface area contributed by atoms with Gasteiger partial charge in [-0.05, 0) is 42.2 Å². The van der Waals surface area contributed by atoms with Gasteiger partial charge in [0.2, 0.25) is 5.82 Å². The molecule has 0 radical (unpaired) electrons. The lowest BCUT2D eigenvalue weighted by atomic mass is 10.1. The summed E-state index contributed by atoms with van der Waals surface area (Å²) in [7, 11) is 3.16. The van der Waals surface area contributed by atoms with Gasteiger partial charge in [0.25, 0.3) is 5.89 Å². The number of urea groups is 1. The van der Waals surface area contributed by atoms with Gasteiger partial charge >= 0.3 is 6.03 Å². The van der Waals surface area contributed by atoms with Crippen LogP contribution in [-0.2, 0) is 12.8 Å². The second kappa shape index (κ2) is 15.3. The predicted molar refractivity (Wildman–Crippen MR) is 166 cm³/mol. The number of anilines is 3. The van der Waals surface area contributed by atoms with Crippen LogP contribution in [0.4, 0.5) is 30.2 Å². The molecule has 0 bridgehead atoms. The van der Waals surface area contributed by atoms with E-state index in [1.165, 1.54) is 18.7 Å². The van der Waals surface area contributed by atoms with Gasteiger partial charge in [0.05, 0.1) is 11.3 Å². The van der Waals surface area contributed by atoms with Crippen molar-refractivity contribution >= 4 is 40.3 Å². The number of thiazole rings is 1. The van der Waals surface area contributed by atoms with E-state index in [2.05, 4.69) is 48.3 Å². The maximum Gasteiger partial charge on any atom is 0.321 e. The van der Waals surface area contributed by atoms with Crippen LogP contribution in [0, 0.1) is 11.6 Å². The molecule has 0 fully saturated rings. The summed E-state index contributed by atoms with van der Waals surface area (Å²) >= 11 is 1.10. The van der Waals surface area contributed by atoms with Crippen LogP contribution in [0.15, 0.2) is 65.4 Å². The number of carbonyl (C=O) groups excluding carboxylic acids is 2. The highest BCUT2D eigenvalue weighted by Gasteiger charge is 2.22. The number of nitrogens with one attached hydrogen (secondary N) is 4. The topological polar surface area (TPSA) is 147 Å². The third-order valence-corrected chi connectivity index (χ3v) is 7.15. The van der Waals surface area contributed by atoms with Gasteiger partial charge in [0.15, 0.2) is 10.9 Å². The third-order valence-electron chi connectivity index (χ3n) is 6.19. The monoisotopic (exact) mass is 620 g/mol. The smallest absolute Gasteiger partial charge is 0.321 e. The number of aromatic nitrogens is 4. The Bertz CT molecular complexity index is 1710. The Morgan fingerprint density at radius 2 is 1.84 bits per heavy atom. The summed E-state index contributed by atoms with van der Waals surface area (Å²) in [5.74, 6) is -1.16. The number of rotatable bonds is 10. The van der Waals surface area contributed by atoms with Crippen LogP contribution in [-0.4, -0.2) is 53.1 Å². The third kappa shape index (κ3) is 8.19. The molecule has 14 heteroatoms. The summed E-state index contributed by atoms with van der Waals surface area (Å²) in [6.45, 7) is 2.49. The van der Waals surface area contributed by atoms with Gasteiger partial charge in [-0.25, -0.2) is 18.6 Å². The Morgan fingerprint density at radius 3 is 2.55 bits per heavy atom. The lowest BCUT2D eigenvalue weighted by Gasteiger charge is -2.05. The molecule has 0 aliphatic heterocycles. The zero-order valence-corrected chi connectivity index (χ0v) is 25.0. The van der Waals surface area contributed by atoms with Gasteiger partial charge in [-0.2, -0.15) is 4.98 Å². The molecule has 0 atom stereocenters. The van der Waals surface area contributed by atoms with E-state index in [0.29, 0.717) is 28.8 Å². The Kier molecular flexibility index (Phi) is 11.0. The first-order valence-electron chi connectivity index (χ1n) is 13.5. The normalized spacial score (nSPS) is 10.4. The van der Waals surface area contributed by atoms with Crippen molar-refractivity contribution in [3.05, 3.63) is 89.2 Å². The summed E-state index contributed by atoms with van der Waals surface area (Å²) < 4.78 is 33.4. The van der Waals surface area contributed by atoms with Crippen molar-refractivity contribution in [1.29, 1.82) is 0 Å². The fourth-order valence-corrected chi connectivity index (χ4v) is 4.81. The minimum absolute atomic E-state index is 0.0254. The largest absolute Gasteiger partial charge is 0.386 e. The van der Waals surface area contributed by atoms with Crippen LogP contribution in [0.5, 0.6) is 0 Å². The van der Waals surface area contributed by atoms with Crippen molar-refractivity contribution in [2.75, 3.05) is 36.6 Å². The Morgan fingerprint density at radius 1 is 1.02 bits per heavy atom. The molecule has 5 aromatic rings. The SMILES string of the molecule is CCc1cccc(C=O)c1.CNc1cc(-c2noc(-c3sc(NC(=O)NCCc4cccnc4)nc3NC)n2)c(F)cc1F. The summed E-state index contributed by atoms with van der Waals surface area (Å²) in [5.41, 5.74) is 3.05. The van der Waals surface area contributed by atoms with Crippen LogP contribution >= 0.6 is 11.3 Å². The van der Waals surface area contributed by atoms with Gasteiger partial charge in [-0.1, -0.05) is 47.7 Å². The predicted octanol–water partition coefficient (Wildman–Crippen LogP) is 6.04. The molecule has 228 valence electrons. The molecule has 2 amide bonds. The number of pyridine rings is 1. The quantitative estimate of drug-likeness (QED) is 0.137. The van der Waals surface area contributed by atoms with Gasteiger partial charge in [0.1, 0.15) is 22.8 Å². The van der Waals surface area contributed by atoms with E-state index in [4.69, 9.17) is 4.52 Å². The second-order valence-electron chi connectivity index (χ2n) is 9.14. The van der Waals surface area contributed by atoms with Crippen LogP contribution in [0.2, 0.25) is 0 Å². The van der Waals surface area contributed by atoms with Gasteiger partial charge in [-0.15, -0.1) is 0 Å². The van der Waals surface area contributed by atoms with Crippen molar-refractivity contribution in [1.82, 2.24) is 25.4 Å². The van der Waals surface area contributed by atoms with E-state index in [1.807, 2.05) is 36.4 Å². The van der Waals surface area contributed by atoms with E-state index in [-0.39, 0.29) is 23.0 Å². The lowest BCUT2D eigenvalue weighted by molar-refractivity contribution is 0.112. The molecular weight excluding hydrogens is 590 g/mol. The number of halogens is 2. The number of aldehydes is 1. The molecule has 3 aromatic heterocycles. The van der Waals surface area contributed by atoms with Gasteiger partial charge < -0.3 is 20.5 Å². The molecule has 4 N–H and O–H groups in total. The second-order valence-corrected chi connectivity index (χ2v) is 10.1. The van der Waals surface area contributed by atoms with Crippen LogP contribution in [0.3, 0.4) is 0 Å². The van der Waals surface area contributed by atoms with Crippen LogP contribution < -0.4 is 21.3 Å². The molecule has 5 rings (SSSR count). The molecule has 0 saturated heterocycles. The van der Waals surface area contributed by atoms with Gasteiger partial charge in [-0.3, -0.25) is 15.1 Å². The first-order valence-corrected chi connectivity index (χ1v) is 14.3. The molecule has 0 aliphatic rings. The maximum absolute atomic E-state index is 14.3. The van der Waals surface area contributed by atoms with Gasteiger partial charge in [0, 0.05) is 44.7 Å². The zero-order valence-electron chi connectivity index (χ0n) is 24.1. The summed E-state index contributed by atoms with van der Waals surface area (Å²) in [5, 5.41) is 15.1. The molecule has 2 aromatic carbocycles. The first kappa shape index (κ1) is 31.7. The maximum atomic E-state index is 14.3. The fraction of sp³-hybridized carbons (Fsp3) is 0.200. The van der Waals surface area contributed by atoms with Crippen LogP contribution in [0.25, 0.3) is 22.2 Å². The number of hydrogen-bond donors (Lipinski definition) is 4. The summed E-state index contributed by atoms with van der Waals surface area (Å²) in [4.78, 5) is 35.5. The highest BCUT2D eigenvalue weighted by molar-refractivity contribution is 7.19. The standard InChI is InChI=1S/C21H20F2N8O2S.C9H10O/c1-24-15-8-12(13(22)9-14(15)23)17-28-19(33-31-17)16-18(25-2)29-21(34-16)30-20(32)27-7-5-11-4-3-6-26-10-11;1-2-8-4-3-5-9(6-8)7-10/h3-4,6,8-10,24-25H,5,7H2,1-2H3,(H2,27,29,30,32);3-7H,2H2,1H3.